The van der Waals surface area contributed by atoms with Gasteiger partial charge in [0.2, 0.25) is 0 Å². The summed E-state index contributed by atoms with van der Waals surface area (Å²) >= 11 is 1.14. The van der Waals surface area contributed by atoms with E-state index in [4.69, 9.17) is 0 Å². The average Bonchev–Trinajstić information content (AvgIpc) is 2.82. The predicted molar refractivity (Wildman–Crippen MR) is 83.2 cm³/mol. The molecule has 0 saturated carbocycles. The number of carboxylic acids is 1. The second-order valence-electron chi connectivity index (χ2n) is 5.95. The molecule has 0 unspecified atom stereocenters. The van der Waals surface area contributed by atoms with Crippen LogP contribution in [-0.4, -0.2) is 28.6 Å². The number of amides is 1. The number of aliphatic carboxylic acids is 1. The van der Waals surface area contributed by atoms with Gasteiger partial charge in [-0.2, -0.15) is 0 Å². The lowest BCUT2D eigenvalue weighted by atomic mass is 10.0. The van der Waals surface area contributed by atoms with Crippen LogP contribution in [-0.2, 0) is 4.79 Å². The van der Waals surface area contributed by atoms with Crippen LogP contribution in [0.4, 0.5) is 0 Å². The molecule has 22 heavy (non-hydrogen) atoms. The quantitative estimate of drug-likeness (QED) is 0.784. The molecule has 0 aliphatic rings. The van der Waals surface area contributed by atoms with Crippen LogP contribution in [0.5, 0.6) is 0 Å². The molecule has 1 heterocycles. The molecule has 0 radical (unpaired) electrons. The Balaban J connectivity index is 2.79. The molecular weight excluding hydrogens is 302 g/mol. The van der Waals surface area contributed by atoms with Gasteiger partial charge in [0.05, 0.1) is 21.8 Å². The first-order chi connectivity index (χ1) is 10.1. The van der Waals surface area contributed by atoms with Gasteiger partial charge < -0.3 is 20.3 Å². The van der Waals surface area contributed by atoms with Crippen molar-refractivity contribution in [2.45, 2.75) is 45.8 Å². The Bertz CT molecular complexity index is 602. The first-order valence-electron chi connectivity index (χ1n) is 6.95. The van der Waals surface area contributed by atoms with Crippen LogP contribution in [0.3, 0.4) is 0 Å². The molecule has 0 aromatic carbocycles. The van der Waals surface area contributed by atoms with E-state index in [1.807, 2.05) is 13.8 Å². The number of thiophene rings is 1. The van der Waals surface area contributed by atoms with Crippen LogP contribution in [0.2, 0.25) is 0 Å². The zero-order valence-corrected chi connectivity index (χ0v) is 13.9. The molecule has 1 aromatic rings. The molecule has 0 bridgehead atoms. The normalized spacial score (nSPS) is 12.5. The molecule has 1 amide bonds. The zero-order valence-electron chi connectivity index (χ0n) is 13.1. The number of hydrogen-bond acceptors (Lipinski definition) is 5. The highest BCUT2D eigenvalue weighted by atomic mass is 32.1. The summed E-state index contributed by atoms with van der Waals surface area (Å²) in [6.07, 6.45) is 0.310. The molecule has 1 atom stereocenters. The Morgan fingerprint density at radius 3 is 2.55 bits per heavy atom. The van der Waals surface area contributed by atoms with Gasteiger partial charge in [-0.3, -0.25) is 4.79 Å². The van der Waals surface area contributed by atoms with Crippen molar-refractivity contribution in [1.82, 2.24) is 5.32 Å². The molecular formula is C16H20NO4S-. The molecule has 1 aromatic heterocycles. The van der Waals surface area contributed by atoms with E-state index in [1.165, 1.54) is 0 Å². The summed E-state index contributed by atoms with van der Waals surface area (Å²) in [5.74, 6) is 3.81. The van der Waals surface area contributed by atoms with Crippen molar-refractivity contribution in [3.8, 4) is 11.8 Å². The summed E-state index contributed by atoms with van der Waals surface area (Å²) in [6, 6.07) is 2.23. The molecule has 0 spiro atoms. The first-order valence-corrected chi connectivity index (χ1v) is 7.77. The number of hydrogen-bond donors (Lipinski definition) is 2. The van der Waals surface area contributed by atoms with Crippen LogP contribution in [0.25, 0.3) is 0 Å². The summed E-state index contributed by atoms with van der Waals surface area (Å²) in [4.78, 5) is 24.1. The van der Waals surface area contributed by atoms with Crippen LogP contribution in [0, 0.1) is 17.8 Å². The Morgan fingerprint density at radius 2 is 2.05 bits per heavy atom. The third kappa shape index (κ3) is 6.29. The number of carbonyl (C=O) groups is 2. The minimum atomic E-state index is -1.29. The predicted octanol–water partition coefficient (Wildman–Crippen LogP) is 0.765. The average molecular weight is 322 g/mol. The Hall–Kier alpha value is -1.84. The summed E-state index contributed by atoms with van der Waals surface area (Å²) in [5.41, 5.74) is -1.11. The van der Waals surface area contributed by atoms with E-state index >= 15 is 0 Å². The van der Waals surface area contributed by atoms with Crippen LogP contribution < -0.4 is 10.4 Å². The highest BCUT2D eigenvalue weighted by Gasteiger charge is 2.17. The van der Waals surface area contributed by atoms with Gasteiger partial charge in [-0.25, -0.2) is 0 Å². The van der Waals surface area contributed by atoms with Crippen molar-refractivity contribution < 1.29 is 19.8 Å². The summed E-state index contributed by atoms with van der Waals surface area (Å²) in [5, 5.41) is 23.0. The van der Waals surface area contributed by atoms with E-state index in [0.717, 1.165) is 11.3 Å². The monoisotopic (exact) mass is 322 g/mol. The van der Waals surface area contributed by atoms with Crippen molar-refractivity contribution in [2.75, 3.05) is 0 Å². The van der Waals surface area contributed by atoms with Gasteiger partial charge in [-0.1, -0.05) is 25.7 Å². The third-order valence-electron chi connectivity index (χ3n) is 2.62. The van der Waals surface area contributed by atoms with Gasteiger partial charge >= 0.3 is 0 Å². The molecule has 0 fully saturated rings. The van der Waals surface area contributed by atoms with Gasteiger partial charge in [0.1, 0.15) is 5.60 Å². The summed E-state index contributed by atoms with van der Waals surface area (Å²) in [7, 11) is 0. The smallest absolute Gasteiger partial charge is 0.261 e. The second kappa shape index (κ2) is 7.43. The van der Waals surface area contributed by atoms with E-state index < -0.39 is 23.5 Å². The maximum absolute atomic E-state index is 12.1. The van der Waals surface area contributed by atoms with Crippen LogP contribution in [0.15, 0.2) is 12.1 Å². The molecule has 1 rings (SSSR count). The number of rotatable bonds is 5. The van der Waals surface area contributed by atoms with Crippen LogP contribution >= 0.6 is 11.3 Å². The van der Waals surface area contributed by atoms with Gasteiger partial charge in [-0.05, 0) is 38.3 Å². The lowest BCUT2D eigenvalue weighted by Gasteiger charge is -2.21. The van der Waals surface area contributed by atoms with Crippen molar-refractivity contribution in [3.63, 3.8) is 0 Å². The first kappa shape index (κ1) is 18.2. The fourth-order valence-corrected chi connectivity index (χ4v) is 2.42. The van der Waals surface area contributed by atoms with Gasteiger partial charge in [0, 0.05) is 0 Å². The van der Waals surface area contributed by atoms with E-state index in [-0.39, 0.29) is 5.92 Å². The highest BCUT2D eigenvalue weighted by molar-refractivity contribution is 7.14. The highest BCUT2D eigenvalue weighted by Crippen LogP contribution is 2.16. The minimum Gasteiger partial charge on any atom is -0.548 e. The molecule has 120 valence electrons. The zero-order chi connectivity index (χ0) is 16.9. The van der Waals surface area contributed by atoms with E-state index in [9.17, 15) is 19.8 Å². The fourth-order valence-electron chi connectivity index (χ4n) is 1.66. The SMILES string of the molecule is CC(C)C[C@@H](NC(=O)c1ccc(C#CC(C)(C)O)s1)C(=O)[O-]. The Kier molecular flexibility index (Phi) is 6.15. The number of carbonyl (C=O) groups excluding carboxylic acids is 2. The maximum Gasteiger partial charge on any atom is 0.261 e. The molecule has 5 nitrogen and oxygen atoms in total. The van der Waals surface area contributed by atoms with Crippen molar-refractivity contribution in [3.05, 3.63) is 21.9 Å². The molecule has 6 heteroatoms. The number of aliphatic hydroxyl groups is 1. The van der Waals surface area contributed by atoms with Gasteiger partial charge in [0.25, 0.3) is 5.91 Å². The second-order valence-corrected chi connectivity index (χ2v) is 7.03. The van der Waals surface area contributed by atoms with Gasteiger partial charge in [0.15, 0.2) is 0 Å². The molecule has 0 aliphatic carbocycles. The number of carboxylic acid groups (broad SMARTS) is 1. The van der Waals surface area contributed by atoms with Gasteiger partial charge in [-0.15, -0.1) is 11.3 Å². The Morgan fingerprint density at radius 1 is 1.41 bits per heavy atom. The maximum atomic E-state index is 12.1. The Labute approximate surface area is 134 Å². The number of nitrogens with one attached hydrogen (secondary N) is 1. The van der Waals surface area contributed by atoms with E-state index in [2.05, 4.69) is 17.2 Å². The topological polar surface area (TPSA) is 89.5 Å². The van der Waals surface area contributed by atoms with E-state index in [0.29, 0.717) is 16.2 Å². The van der Waals surface area contributed by atoms with Crippen molar-refractivity contribution >= 4 is 23.2 Å². The van der Waals surface area contributed by atoms with Crippen molar-refractivity contribution in [2.24, 2.45) is 5.92 Å². The largest absolute Gasteiger partial charge is 0.548 e. The third-order valence-corrected chi connectivity index (χ3v) is 3.62. The van der Waals surface area contributed by atoms with Crippen molar-refractivity contribution in [1.29, 1.82) is 0 Å². The van der Waals surface area contributed by atoms with Crippen LogP contribution in [0.1, 0.15) is 48.7 Å². The van der Waals surface area contributed by atoms with E-state index in [1.54, 1.807) is 26.0 Å². The lowest BCUT2D eigenvalue weighted by Crippen LogP contribution is -2.48. The fraction of sp³-hybridized carbons (Fsp3) is 0.500. The summed E-state index contributed by atoms with van der Waals surface area (Å²) < 4.78 is 0. The molecule has 0 aliphatic heterocycles. The minimum absolute atomic E-state index is 0.125. The summed E-state index contributed by atoms with van der Waals surface area (Å²) in [6.45, 7) is 6.88. The standard InChI is InChI=1S/C16H21NO4S/c1-10(2)9-12(15(19)20)17-14(18)13-6-5-11(22-13)7-8-16(3,4)21/h5-6,10,12,21H,9H2,1-4H3,(H,17,18)(H,19,20)/p-1/t12-/m1/s1. The molecule has 0 saturated heterocycles. The molecule has 2 N–H and O–H groups in total. The lowest BCUT2D eigenvalue weighted by molar-refractivity contribution is -0.308.